The Morgan fingerprint density at radius 1 is 1.27 bits per heavy atom. The zero-order valence-electron chi connectivity index (χ0n) is 16.0. The molecule has 1 aromatic carbocycles. The minimum atomic E-state index is -3.37. The molecule has 2 aromatic rings. The standard InChI is InChI=1S/C19H27N3O3S/c1-12(2)16-10-13(14-8-6-7-9-15(14)16)11-17-20-18(21-25-17)19(3,4)22-26(5,23)24/h6-9,12-13,16,22H,10-11H2,1-5H3/t13-,16-/m0/s1. The van der Waals surface area contributed by atoms with Crippen LogP contribution in [0.1, 0.15) is 68.8 Å². The van der Waals surface area contributed by atoms with Gasteiger partial charge in [-0.25, -0.2) is 13.1 Å². The SMILES string of the molecule is CC(C)[C@@H]1C[C@@H](Cc2nc(C(C)(C)NS(C)(=O)=O)no2)c2ccccc21. The topological polar surface area (TPSA) is 85.1 Å². The summed E-state index contributed by atoms with van der Waals surface area (Å²) in [5.74, 6) is 2.37. The van der Waals surface area contributed by atoms with Gasteiger partial charge >= 0.3 is 0 Å². The van der Waals surface area contributed by atoms with E-state index in [0.717, 1.165) is 12.7 Å². The van der Waals surface area contributed by atoms with E-state index in [1.807, 2.05) is 0 Å². The van der Waals surface area contributed by atoms with Crippen molar-refractivity contribution in [3.8, 4) is 0 Å². The van der Waals surface area contributed by atoms with Gasteiger partial charge in [0.1, 0.15) is 0 Å². The molecule has 1 N–H and O–H groups in total. The van der Waals surface area contributed by atoms with Crippen molar-refractivity contribution in [1.29, 1.82) is 0 Å². The Balaban J connectivity index is 1.80. The molecule has 2 atom stereocenters. The molecule has 0 saturated heterocycles. The van der Waals surface area contributed by atoms with Crippen molar-refractivity contribution >= 4 is 10.0 Å². The molecule has 1 aromatic heterocycles. The predicted molar refractivity (Wildman–Crippen MR) is 100 cm³/mol. The Morgan fingerprint density at radius 2 is 1.92 bits per heavy atom. The molecule has 3 rings (SSSR count). The van der Waals surface area contributed by atoms with Crippen molar-refractivity contribution in [3.05, 3.63) is 47.1 Å². The predicted octanol–water partition coefficient (Wildman–Crippen LogP) is 3.32. The maximum Gasteiger partial charge on any atom is 0.227 e. The van der Waals surface area contributed by atoms with Gasteiger partial charge in [-0.15, -0.1) is 0 Å². The summed E-state index contributed by atoms with van der Waals surface area (Å²) in [7, 11) is -3.37. The zero-order chi connectivity index (χ0) is 19.1. The number of fused-ring (bicyclic) bond motifs is 1. The van der Waals surface area contributed by atoms with Crippen LogP contribution in [0.25, 0.3) is 0 Å². The van der Waals surface area contributed by atoms with Crippen LogP contribution >= 0.6 is 0 Å². The third-order valence-electron chi connectivity index (χ3n) is 5.07. The maximum absolute atomic E-state index is 11.5. The molecular formula is C19H27N3O3S. The van der Waals surface area contributed by atoms with Gasteiger partial charge in [-0.2, -0.15) is 4.98 Å². The average molecular weight is 378 g/mol. The van der Waals surface area contributed by atoms with Gasteiger partial charge in [0.05, 0.1) is 11.8 Å². The molecule has 0 aliphatic heterocycles. The Hall–Kier alpha value is -1.73. The second kappa shape index (κ2) is 6.78. The summed E-state index contributed by atoms with van der Waals surface area (Å²) < 4.78 is 31.1. The Labute approximate surface area is 155 Å². The molecule has 0 amide bonds. The highest BCUT2D eigenvalue weighted by Gasteiger charge is 2.35. The Kier molecular flexibility index (Phi) is 4.96. The van der Waals surface area contributed by atoms with Crippen LogP contribution in [0.2, 0.25) is 0 Å². The van der Waals surface area contributed by atoms with Crippen LogP contribution in [-0.4, -0.2) is 24.8 Å². The highest BCUT2D eigenvalue weighted by atomic mass is 32.2. The number of hydrogen-bond donors (Lipinski definition) is 1. The Bertz CT molecular complexity index is 887. The zero-order valence-corrected chi connectivity index (χ0v) is 16.8. The molecule has 6 nitrogen and oxygen atoms in total. The number of benzene rings is 1. The van der Waals surface area contributed by atoms with Gasteiger partial charge in [0, 0.05) is 6.42 Å². The molecule has 0 bridgehead atoms. The minimum absolute atomic E-state index is 0.345. The smallest absolute Gasteiger partial charge is 0.227 e. The second-order valence-electron chi connectivity index (χ2n) is 8.13. The first-order valence-corrected chi connectivity index (χ1v) is 10.9. The molecule has 1 heterocycles. The first-order valence-electron chi connectivity index (χ1n) is 8.97. The maximum atomic E-state index is 11.5. The first kappa shape index (κ1) is 19.0. The molecule has 26 heavy (non-hydrogen) atoms. The number of rotatable bonds is 6. The van der Waals surface area contributed by atoms with Gasteiger partial charge < -0.3 is 4.52 Å². The third-order valence-corrected chi connectivity index (χ3v) is 5.95. The molecule has 1 aliphatic carbocycles. The van der Waals surface area contributed by atoms with Crippen molar-refractivity contribution in [2.24, 2.45) is 5.92 Å². The molecule has 0 saturated carbocycles. The normalized spacial score (nSPS) is 20.5. The fraction of sp³-hybridized carbons (Fsp3) is 0.579. The summed E-state index contributed by atoms with van der Waals surface area (Å²) in [6, 6.07) is 8.58. The number of hydrogen-bond acceptors (Lipinski definition) is 5. The molecule has 0 radical (unpaired) electrons. The van der Waals surface area contributed by atoms with E-state index in [0.29, 0.717) is 35.9 Å². The summed E-state index contributed by atoms with van der Waals surface area (Å²) in [4.78, 5) is 4.47. The fourth-order valence-electron chi connectivity index (χ4n) is 3.92. The molecular weight excluding hydrogens is 350 g/mol. The summed E-state index contributed by atoms with van der Waals surface area (Å²) in [6.07, 6.45) is 2.86. The number of sulfonamides is 1. The molecule has 7 heteroatoms. The van der Waals surface area contributed by atoms with E-state index < -0.39 is 15.6 Å². The molecule has 142 valence electrons. The summed E-state index contributed by atoms with van der Waals surface area (Å²) in [5.41, 5.74) is 1.87. The molecule has 1 aliphatic rings. The van der Waals surface area contributed by atoms with Gasteiger partial charge in [0.2, 0.25) is 15.9 Å². The van der Waals surface area contributed by atoms with Crippen molar-refractivity contribution in [2.45, 2.75) is 57.9 Å². The average Bonchev–Trinajstić information content (AvgIpc) is 3.11. The Morgan fingerprint density at radius 3 is 2.54 bits per heavy atom. The van der Waals surface area contributed by atoms with Gasteiger partial charge in [-0.3, -0.25) is 0 Å². The number of aromatic nitrogens is 2. The largest absolute Gasteiger partial charge is 0.339 e. The van der Waals surface area contributed by atoms with Crippen LogP contribution in [0.5, 0.6) is 0 Å². The lowest BCUT2D eigenvalue weighted by atomic mass is 9.89. The van der Waals surface area contributed by atoms with Gasteiger partial charge in [0.25, 0.3) is 0 Å². The fourth-order valence-corrected chi connectivity index (χ4v) is 4.94. The van der Waals surface area contributed by atoms with Crippen LogP contribution in [0, 0.1) is 5.92 Å². The number of nitrogens with zero attached hydrogens (tertiary/aromatic N) is 2. The summed E-state index contributed by atoms with van der Waals surface area (Å²) in [5, 5.41) is 4.01. The summed E-state index contributed by atoms with van der Waals surface area (Å²) in [6.45, 7) is 7.96. The van der Waals surface area contributed by atoms with Crippen LogP contribution in [0.3, 0.4) is 0 Å². The van der Waals surface area contributed by atoms with Crippen molar-refractivity contribution in [2.75, 3.05) is 6.26 Å². The minimum Gasteiger partial charge on any atom is -0.339 e. The molecule has 0 spiro atoms. The highest BCUT2D eigenvalue weighted by molar-refractivity contribution is 7.88. The van der Waals surface area contributed by atoms with E-state index in [9.17, 15) is 8.42 Å². The van der Waals surface area contributed by atoms with Crippen molar-refractivity contribution in [1.82, 2.24) is 14.9 Å². The van der Waals surface area contributed by atoms with E-state index >= 15 is 0 Å². The van der Waals surface area contributed by atoms with E-state index in [2.05, 4.69) is 53.0 Å². The lowest BCUT2D eigenvalue weighted by Gasteiger charge is -2.20. The molecule has 0 unspecified atom stereocenters. The lowest BCUT2D eigenvalue weighted by Crippen LogP contribution is -2.41. The quantitative estimate of drug-likeness (QED) is 0.835. The number of nitrogens with one attached hydrogen (secondary N) is 1. The van der Waals surface area contributed by atoms with E-state index in [1.54, 1.807) is 13.8 Å². The van der Waals surface area contributed by atoms with Crippen molar-refractivity contribution in [3.63, 3.8) is 0 Å². The van der Waals surface area contributed by atoms with Gasteiger partial charge in [-0.05, 0) is 49.1 Å². The first-order chi connectivity index (χ1) is 12.1. The van der Waals surface area contributed by atoms with E-state index in [1.165, 1.54) is 11.1 Å². The van der Waals surface area contributed by atoms with Crippen LogP contribution in [0.4, 0.5) is 0 Å². The van der Waals surface area contributed by atoms with Crippen LogP contribution in [0.15, 0.2) is 28.8 Å². The van der Waals surface area contributed by atoms with Gasteiger partial charge in [-0.1, -0.05) is 43.3 Å². The summed E-state index contributed by atoms with van der Waals surface area (Å²) >= 11 is 0. The second-order valence-corrected chi connectivity index (χ2v) is 9.88. The van der Waals surface area contributed by atoms with Gasteiger partial charge in [0.15, 0.2) is 5.82 Å². The third kappa shape index (κ3) is 3.99. The van der Waals surface area contributed by atoms with Crippen LogP contribution < -0.4 is 4.72 Å². The van der Waals surface area contributed by atoms with E-state index in [4.69, 9.17) is 4.52 Å². The highest BCUT2D eigenvalue weighted by Crippen LogP contribution is 2.46. The lowest BCUT2D eigenvalue weighted by molar-refractivity contribution is 0.344. The monoisotopic (exact) mass is 377 g/mol. The van der Waals surface area contributed by atoms with E-state index in [-0.39, 0.29) is 0 Å². The van der Waals surface area contributed by atoms with Crippen LogP contribution in [-0.2, 0) is 22.0 Å². The van der Waals surface area contributed by atoms with Crippen molar-refractivity contribution < 1.29 is 12.9 Å². The molecule has 0 fully saturated rings.